The minimum atomic E-state index is -1.84. The molecule has 6 rings (SSSR count). The van der Waals surface area contributed by atoms with E-state index < -0.39 is 102 Å². The number of rotatable bonds is 17. The van der Waals surface area contributed by atoms with Gasteiger partial charge in [-0.3, -0.25) is 9.48 Å². The third-order valence-corrected chi connectivity index (χ3v) is 16.4. The third-order valence-electron chi connectivity index (χ3n) is 16.4. The summed E-state index contributed by atoms with van der Waals surface area (Å²) in [5.41, 5.74) is -1.72. The first-order valence-corrected chi connectivity index (χ1v) is 27.2. The second-order valence-electron chi connectivity index (χ2n) is 22.7. The molecule has 2 aromatic heterocycles. The molecule has 76 heavy (non-hydrogen) atoms. The third kappa shape index (κ3) is 14.9. The lowest BCUT2D eigenvalue weighted by Crippen LogP contribution is -2.61. The van der Waals surface area contributed by atoms with Crippen molar-refractivity contribution in [1.29, 1.82) is 0 Å². The summed E-state index contributed by atoms with van der Waals surface area (Å²) in [6.07, 6.45) is -4.05. The minimum absolute atomic E-state index is 0.102. The van der Waals surface area contributed by atoms with Crippen LogP contribution in [0, 0.1) is 17.8 Å². The van der Waals surface area contributed by atoms with Crippen molar-refractivity contribution in [3.05, 3.63) is 54.5 Å². The molecule has 3 aliphatic rings. The fraction of sp³-hybridized carbons (Fsp3) is 0.750. The van der Waals surface area contributed by atoms with E-state index in [1.807, 2.05) is 82.4 Å². The molecule has 0 radical (unpaired) electrons. The molecule has 20 heteroatoms. The number of ether oxygens (including phenoxy) is 8. The molecule has 0 amide bonds. The van der Waals surface area contributed by atoms with Crippen molar-refractivity contribution in [3.8, 4) is 22.8 Å². The van der Waals surface area contributed by atoms with Gasteiger partial charge in [0.05, 0.1) is 60.9 Å². The van der Waals surface area contributed by atoms with Gasteiger partial charge in [0.2, 0.25) is 5.88 Å². The predicted molar refractivity (Wildman–Crippen MR) is 283 cm³/mol. The lowest BCUT2D eigenvalue weighted by Gasteiger charge is -2.49. The van der Waals surface area contributed by atoms with Gasteiger partial charge in [-0.1, -0.05) is 38.1 Å². The van der Waals surface area contributed by atoms with E-state index >= 15 is 0 Å². The molecule has 0 saturated carbocycles. The summed E-state index contributed by atoms with van der Waals surface area (Å²) in [6, 6.07) is 10.7. The van der Waals surface area contributed by atoms with Gasteiger partial charge in [0, 0.05) is 88.0 Å². The maximum absolute atomic E-state index is 14.5. The Morgan fingerprint density at radius 1 is 0.908 bits per heavy atom. The number of aliphatic hydroxyl groups excluding tert-OH is 3. The zero-order chi connectivity index (χ0) is 55.9. The number of benzene rings is 1. The highest BCUT2D eigenvalue weighted by Crippen LogP contribution is 2.40. The van der Waals surface area contributed by atoms with Crippen molar-refractivity contribution in [2.24, 2.45) is 17.8 Å². The summed E-state index contributed by atoms with van der Waals surface area (Å²) in [6.45, 7) is 19.7. The number of carbonyl (C=O) groups excluding carboxylic acids is 1. The summed E-state index contributed by atoms with van der Waals surface area (Å²) in [7, 11) is 6.88. The van der Waals surface area contributed by atoms with E-state index in [-0.39, 0.29) is 31.3 Å². The number of methoxy groups -OCH3 is 2. The van der Waals surface area contributed by atoms with E-state index in [0.717, 1.165) is 29.0 Å². The highest BCUT2D eigenvalue weighted by Gasteiger charge is 2.53. The minimum Gasteiger partial charge on any atom is -0.494 e. The molecular formula is C56H90N6O14. The van der Waals surface area contributed by atoms with Crippen molar-refractivity contribution in [1.82, 2.24) is 29.8 Å². The van der Waals surface area contributed by atoms with Crippen LogP contribution in [0.5, 0.6) is 11.6 Å². The predicted octanol–water partition coefficient (Wildman–Crippen LogP) is 4.64. The largest absolute Gasteiger partial charge is 0.494 e. The second kappa shape index (κ2) is 26.4. The van der Waals surface area contributed by atoms with Crippen LogP contribution in [-0.2, 0) is 46.2 Å². The van der Waals surface area contributed by atoms with Gasteiger partial charge in [0.15, 0.2) is 12.6 Å². The first-order valence-electron chi connectivity index (χ1n) is 27.2. The molecular weight excluding hydrogens is 981 g/mol. The number of cyclic esters (lactones) is 1. The first kappa shape index (κ1) is 61.3. The monoisotopic (exact) mass is 1070 g/mol. The number of hydrogen-bond acceptors (Lipinski definition) is 19. The Balaban J connectivity index is 1.17. The lowest BCUT2D eigenvalue weighted by molar-refractivity contribution is -0.318. The van der Waals surface area contributed by atoms with Gasteiger partial charge in [-0.05, 0) is 112 Å². The van der Waals surface area contributed by atoms with Crippen LogP contribution in [-0.4, -0.2) is 200 Å². The van der Waals surface area contributed by atoms with Crippen LogP contribution in [0.2, 0.25) is 0 Å². The van der Waals surface area contributed by atoms with Crippen LogP contribution < -0.4 is 9.47 Å². The molecule has 0 bridgehead atoms. The van der Waals surface area contributed by atoms with Gasteiger partial charge >= 0.3 is 5.97 Å². The maximum Gasteiger partial charge on any atom is 0.311 e. The Labute approximate surface area is 450 Å². The van der Waals surface area contributed by atoms with Crippen LogP contribution in [0.4, 0.5) is 0 Å². The van der Waals surface area contributed by atoms with Crippen molar-refractivity contribution in [3.63, 3.8) is 0 Å². The molecule has 5 N–H and O–H groups in total. The number of aromatic nitrogens is 4. The number of likely N-dealkylation sites (N-methyl/N-ethyl adjacent to an activating group) is 2. The SMILES string of the molecule is CC[C@H]1OC(=O)[C@H](C)[C@@H](O[C@H]2C[C@@](C)(OC)[C@@H](O)[C@H](C)O2)[C@H](C)[C@@H](O[C@@H]2O[C@H](C)C[C@H](N(C)CCc3cn(CCCOc4ccc(-c5ccc(OC)nc5)cc4)nn3)[C@H]2O)[C@](C)(O)C[C@@H](C)CN(C)[C@H](C)[C@@H](O)[C@]1(C)O. The molecule has 3 fully saturated rings. The van der Waals surface area contributed by atoms with E-state index in [1.165, 1.54) is 14.0 Å². The molecule has 0 spiro atoms. The lowest BCUT2D eigenvalue weighted by atomic mass is 9.77. The quantitative estimate of drug-likeness (QED) is 0.0913. The first-order chi connectivity index (χ1) is 35.8. The molecule has 1 aromatic carbocycles. The van der Waals surface area contributed by atoms with Gasteiger partial charge in [0.25, 0.3) is 0 Å². The summed E-state index contributed by atoms with van der Waals surface area (Å²) >= 11 is 0. The molecule has 0 unspecified atom stereocenters. The van der Waals surface area contributed by atoms with Crippen LogP contribution in [0.15, 0.2) is 48.8 Å². The van der Waals surface area contributed by atoms with Crippen molar-refractivity contribution < 1.29 is 68.2 Å². The second-order valence-corrected chi connectivity index (χ2v) is 22.7. The topological polar surface area (TPSA) is 242 Å². The Kier molecular flexibility index (Phi) is 21.3. The molecule has 3 saturated heterocycles. The van der Waals surface area contributed by atoms with Gasteiger partial charge < -0.3 is 73.2 Å². The Bertz CT molecular complexity index is 2250. The number of aryl methyl sites for hydroxylation is 1. The molecule has 20 nitrogen and oxygen atoms in total. The van der Waals surface area contributed by atoms with E-state index in [2.05, 4.69) is 20.2 Å². The highest BCUT2D eigenvalue weighted by molar-refractivity contribution is 5.73. The van der Waals surface area contributed by atoms with Crippen LogP contribution >= 0.6 is 0 Å². The van der Waals surface area contributed by atoms with Gasteiger partial charge in [-0.2, -0.15) is 0 Å². The molecule has 5 heterocycles. The Hall–Kier alpha value is -3.90. The maximum atomic E-state index is 14.5. The Morgan fingerprint density at radius 3 is 2.25 bits per heavy atom. The smallest absolute Gasteiger partial charge is 0.311 e. The number of pyridine rings is 1. The molecule has 428 valence electrons. The Morgan fingerprint density at radius 2 is 1.61 bits per heavy atom. The number of carbonyl (C=O) groups is 1. The molecule has 3 aliphatic heterocycles. The molecule has 18 atom stereocenters. The van der Waals surface area contributed by atoms with Crippen molar-refractivity contribution >= 4 is 5.97 Å². The number of esters is 1. The zero-order valence-corrected chi connectivity index (χ0v) is 47.4. The number of aliphatic hydroxyl groups is 5. The van der Waals surface area contributed by atoms with E-state index in [9.17, 15) is 30.3 Å². The van der Waals surface area contributed by atoms with Crippen LogP contribution in [0.3, 0.4) is 0 Å². The van der Waals surface area contributed by atoms with Crippen molar-refractivity contribution in [2.75, 3.05) is 48.0 Å². The average Bonchev–Trinajstić information content (AvgIpc) is 3.85. The highest BCUT2D eigenvalue weighted by atomic mass is 16.7. The normalized spacial score (nSPS) is 37.5. The summed E-state index contributed by atoms with van der Waals surface area (Å²) < 4.78 is 51.4. The molecule has 0 aliphatic carbocycles. The molecule has 3 aromatic rings. The number of nitrogens with zero attached hydrogens (tertiary/aromatic N) is 6. The fourth-order valence-corrected chi connectivity index (χ4v) is 11.5. The summed E-state index contributed by atoms with van der Waals surface area (Å²) in [5, 5.41) is 68.6. The summed E-state index contributed by atoms with van der Waals surface area (Å²) in [5.74, 6) is -1.45. The van der Waals surface area contributed by atoms with Gasteiger partial charge in [0.1, 0.15) is 35.8 Å². The fourth-order valence-electron chi connectivity index (χ4n) is 11.5. The van der Waals surface area contributed by atoms with Crippen LogP contribution in [0.1, 0.15) is 107 Å². The summed E-state index contributed by atoms with van der Waals surface area (Å²) in [4.78, 5) is 22.8. The van der Waals surface area contributed by atoms with E-state index in [0.29, 0.717) is 45.0 Å². The van der Waals surface area contributed by atoms with Crippen molar-refractivity contribution in [2.45, 2.75) is 205 Å². The standard InChI is InChI=1S/C56H90N6O14/c1-15-44-56(10,68)49(64)37(6)61(12)31-33(2)28-54(8,67)51(35(4)48(36(5)52(66)74-44)75-46-29-55(9,70-14)50(65)38(7)73-46)76-53-47(63)43(27-34(3)72-53)60(11)25-23-41-32-62(59-58-41)24-16-26-71-42-20-17-39(18-21-42)40-19-22-45(69-13)57-30-40/h17-22,30,32-38,43-44,46-51,53,63-65,67-68H,15-16,23-29,31H2,1-14H3/t33-,34-,35+,36-,37-,38+,43+,44-,46+,47-,48+,49-,50+,51-,53+,54-,55-,56-/m1/s1. The van der Waals surface area contributed by atoms with Gasteiger partial charge in [-0.15, -0.1) is 5.10 Å². The number of hydrogen-bond donors (Lipinski definition) is 5. The average molecular weight is 1070 g/mol. The van der Waals surface area contributed by atoms with Crippen LogP contribution in [0.25, 0.3) is 11.1 Å². The zero-order valence-electron chi connectivity index (χ0n) is 47.4. The van der Waals surface area contributed by atoms with Gasteiger partial charge in [-0.25, -0.2) is 4.98 Å². The van der Waals surface area contributed by atoms with E-state index in [1.54, 1.807) is 59.5 Å². The van der Waals surface area contributed by atoms with E-state index in [4.69, 9.17) is 37.9 Å².